The summed E-state index contributed by atoms with van der Waals surface area (Å²) >= 11 is 0. The van der Waals surface area contributed by atoms with Crippen LogP contribution in [0.4, 0.5) is 5.82 Å². The maximum atomic E-state index is 11.6. The highest BCUT2D eigenvalue weighted by Gasteiger charge is 2.21. The molecule has 0 spiro atoms. The summed E-state index contributed by atoms with van der Waals surface area (Å²) in [6.45, 7) is 3.56. The van der Waals surface area contributed by atoms with Gasteiger partial charge in [-0.1, -0.05) is 19.8 Å². The first kappa shape index (κ1) is 13.1. The van der Waals surface area contributed by atoms with Crippen LogP contribution in [0.5, 0.6) is 0 Å². The van der Waals surface area contributed by atoms with E-state index in [2.05, 4.69) is 14.9 Å². The number of hydrogen-bond donors (Lipinski definition) is 2. The molecule has 1 aromatic heterocycles. The molecule has 0 amide bonds. The zero-order valence-corrected chi connectivity index (χ0v) is 11.0. The molecule has 5 heteroatoms. The lowest BCUT2D eigenvalue weighted by molar-refractivity contribution is 0.574. The third-order valence-corrected chi connectivity index (χ3v) is 3.56. The summed E-state index contributed by atoms with van der Waals surface area (Å²) < 4.78 is 0. The summed E-state index contributed by atoms with van der Waals surface area (Å²) in [7, 11) is 0. The van der Waals surface area contributed by atoms with Crippen molar-refractivity contribution in [1.29, 1.82) is 0 Å². The van der Waals surface area contributed by atoms with E-state index in [1.165, 1.54) is 12.8 Å². The Balaban J connectivity index is 2.32. The van der Waals surface area contributed by atoms with E-state index < -0.39 is 0 Å². The molecule has 3 N–H and O–H groups in total. The van der Waals surface area contributed by atoms with Crippen LogP contribution in [-0.2, 0) is 6.42 Å². The SMILES string of the molecule is CCc1nc(N2CCCCCC2CN)cc(=O)[nH]1. The highest BCUT2D eigenvalue weighted by molar-refractivity contribution is 5.39. The predicted octanol–water partition coefficient (Wildman–Crippen LogP) is 1.04. The van der Waals surface area contributed by atoms with Gasteiger partial charge >= 0.3 is 0 Å². The predicted molar refractivity (Wildman–Crippen MR) is 72.9 cm³/mol. The van der Waals surface area contributed by atoms with E-state index in [4.69, 9.17) is 5.73 Å². The minimum absolute atomic E-state index is 0.0723. The van der Waals surface area contributed by atoms with Gasteiger partial charge in [-0.3, -0.25) is 4.79 Å². The molecule has 1 fully saturated rings. The Bertz CT molecular complexity index is 443. The molecule has 0 saturated carbocycles. The molecule has 5 nitrogen and oxygen atoms in total. The van der Waals surface area contributed by atoms with Crippen LogP contribution in [0.2, 0.25) is 0 Å². The van der Waals surface area contributed by atoms with Crippen molar-refractivity contribution in [3.63, 3.8) is 0 Å². The van der Waals surface area contributed by atoms with E-state index in [1.54, 1.807) is 6.07 Å². The molecule has 100 valence electrons. The fourth-order valence-corrected chi connectivity index (χ4v) is 2.53. The Morgan fingerprint density at radius 1 is 1.50 bits per heavy atom. The molecule has 0 bridgehead atoms. The summed E-state index contributed by atoms with van der Waals surface area (Å²) in [5.41, 5.74) is 5.78. The van der Waals surface area contributed by atoms with Crippen LogP contribution >= 0.6 is 0 Å². The Morgan fingerprint density at radius 2 is 2.33 bits per heavy atom. The summed E-state index contributed by atoms with van der Waals surface area (Å²) in [6.07, 6.45) is 5.42. The Morgan fingerprint density at radius 3 is 3.06 bits per heavy atom. The lowest BCUT2D eigenvalue weighted by atomic mass is 10.1. The van der Waals surface area contributed by atoms with Crippen molar-refractivity contribution in [2.45, 2.75) is 45.1 Å². The lowest BCUT2D eigenvalue weighted by Gasteiger charge is -2.30. The molecule has 0 radical (unpaired) electrons. The van der Waals surface area contributed by atoms with Crippen molar-refractivity contribution in [1.82, 2.24) is 9.97 Å². The van der Waals surface area contributed by atoms with Crippen molar-refractivity contribution >= 4 is 5.82 Å². The van der Waals surface area contributed by atoms with E-state index >= 15 is 0 Å². The standard InChI is InChI=1S/C13H22N4O/c1-2-11-15-12(8-13(18)16-11)17-7-5-3-4-6-10(17)9-14/h8,10H,2-7,9,14H2,1H3,(H,15,16,18). The monoisotopic (exact) mass is 250 g/mol. The fourth-order valence-electron chi connectivity index (χ4n) is 2.53. The molecule has 0 aliphatic carbocycles. The Hall–Kier alpha value is -1.36. The van der Waals surface area contributed by atoms with Gasteiger partial charge in [0.05, 0.1) is 0 Å². The molecule has 1 atom stereocenters. The number of hydrogen-bond acceptors (Lipinski definition) is 4. The summed E-state index contributed by atoms with van der Waals surface area (Å²) in [5, 5.41) is 0. The van der Waals surface area contributed by atoms with Gasteiger partial charge in [0.15, 0.2) is 0 Å². The van der Waals surface area contributed by atoms with Gasteiger partial charge < -0.3 is 15.6 Å². The number of aromatic amines is 1. The molecule has 1 saturated heterocycles. The topological polar surface area (TPSA) is 75.0 Å². The van der Waals surface area contributed by atoms with Gasteiger partial charge in [-0.25, -0.2) is 4.98 Å². The second-order valence-corrected chi connectivity index (χ2v) is 4.84. The quantitative estimate of drug-likeness (QED) is 0.840. The van der Waals surface area contributed by atoms with Crippen LogP contribution in [0.15, 0.2) is 10.9 Å². The smallest absolute Gasteiger partial charge is 0.252 e. The summed E-state index contributed by atoms with van der Waals surface area (Å²) in [5.74, 6) is 1.53. The molecule has 1 unspecified atom stereocenters. The molecule has 18 heavy (non-hydrogen) atoms. The summed E-state index contributed by atoms with van der Waals surface area (Å²) in [6, 6.07) is 1.90. The normalized spacial score (nSPS) is 20.8. The molecule has 1 aliphatic rings. The highest BCUT2D eigenvalue weighted by Crippen LogP contribution is 2.21. The third kappa shape index (κ3) is 2.90. The van der Waals surface area contributed by atoms with Gasteiger partial charge in [0.25, 0.3) is 5.56 Å². The number of nitrogens with zero attached hydrogens (tertiary/aromatic N) is 2. The second-order valence-electron chi connectivity index (χ2n) is 4.84. The largest absolute Gasteiger partial charge is 0.352 e. The van der Waals surface area contributed by atoms with E-state index in [0.29, 0.717) is 12.6 Å². The van der Waals surface area contributed by atoms with Crippen molar-refractivity contribution in [3.05, 3.63) is 22.2 Å². The van der Waals surface area contributed by atoms with Crippen molar-refractivity contribution in [2.24, 2.45) is 5.73 Å². The molecular formula is C13H22N4O. The minimum Gasteiger partial charge on any atom is -0.352 e. The van der Waals surface area contributed by atoms with Crippen LogP contribution in [0.1, 0.15) is 38.4 Å². The number of aromatic nitrogens is 2. The second kappa shape index (κ2) is 6.00. The maximum absolute atomic E-state index is 11.6. The molecule has 2 heterocycles. The average molecular weight is 250 g/mol. The molecule has 1 aliphatic heterocycles. The van der Waals surface area contributed by atoms with E-state index in [0.717, 1.165) is 37.4 Å². The molecule has 0 aromatic carbocycles. The summed E-state index contributed by atoms with van der Waals surface area (Å²) in [4.78, 5) is 21.1. The van der Waals surface area contributed by atoms with Crippen molar-refractivity contribution < 1.29 is 0 Å². The van der Waals surface area contributed by atoms with Gasteiger partial charge in [-0.2, -0.15) is 0 Å². The molecular weight excluding hydrogens is 228 g/mol. The number of rotatable bonds is 3. The van der Waals surface area contributed by atoms with Crippen LogP contribution in [0, 0.1) is 0 Å². The van der Waals surface area contributed by atoms with Gasteiger partial charge in [-0.15, -0.1) is 0 Å². The first-order valence-electron chi connectivity index (χ1n) is 6.81. The third-order valence-electron chi connectivity index (χ3n) is 3.56. The zero-order valence-electron chi connectivity index (χ0n) is 11.0. The first-order valence-corrected chi connectivity index (χ1v) is 6.81. The number of nitrogens with one attached hydrogen (secondary N) is 1. The Kier molecular flexibility index (Phi) is 4.36. The Labute approximate surface area is 107 Å². The maximum Gasteiger partial charge on any atom is 0.252 e. The number of nitrogens with two attached hydrogens (primary N) is 1. The van der Waals surface area contributed by atoms with Crippen LogP contribution in [0.3, 0.4) is 0 Å². The number of H-pyrrole nitrogens is 1. The van der Waals surface area contributed by atoms with Crippen LogP contribution in [0.25, 0.3) is 0 Å². The van der Waals surface area contributed by atoms with E-state index in [9.17, 15) is 4.79 Å². The highest BCUT2D eigenvalue weighted by atomic mass is 16.1. The zero-order chi connectivity index (χ0) is 13.0. The minimum atomic E-state index is -0.0723. The van der Waals surface area contributed by atoms with Gasteiger partial charge in [0.1, 0.15) is 11.6 Å². The van der Waals surface area contributed by atoms with Gasteiger partial charge in [0.2, 0.25) is 0 Å². The van der Waals surface area contributed by atoms with Crippen molar-refractivity contribution in [2.75, 3.05) is 18.0 Å². The van der Waals surface area contributed by atoms with E-state index in [-0.39, 0.29) is 5.56 Å². The van der Waals surface area contributed by atoms with Crippen LogP contribution < -0.4 is 16.2 Å². The number of aryl methyl sites for hydroxylation is 1. The molecule has 1 aromatic rings. The lowest BCUT2D eigenvalue weighted by Crippen LogP contribution is -2.41. The van der Waals surface area contributed by atoms with Crippen LogP contribution in [-0.4, -0.2) is 29.1 Å². The average Bonchev–Trinajstić information content (AvgIpc) is 2.62. The van der Waals surface area contributed by atoms with E-state index in [1.807, 2.05) is 6.92 Å². The van der Waals surface area contributed by atoms with Gasteiger partial charge in [0, 0.05) is 31.6 Å². The molecule has 2 rings (SSSR count). The van der Waals surface area contributed by atoms with Crippen molar-refractivity contribution in [3.8, 4) is 0 Å². The first-order chi connectivity index (χ1) is 8.74. The van der Waals surface area contributed by atoms with Gasteiger partial charge in [-0.05, 0) is 12.8 Å². The fraction of sp³-hybridized carbons (Fsp3) is 0.692. The number of anilines is 1.